The molecule has 1 rings (SSSR count). The third kappa shape index (κ3) is 2.30. The van der Waals surface area contributed by atoms with Crippen LogP contribution in [0.5, 0.6) is 0 Å². The van der Waals surface area contributed by atoms with Gasteiger partial charge < -0.3 is 4.74 Å². The van der Waals surface area contributed by atoms with Gasteiger partial charge in [-0.1, -0.05) is 13.8 Å². The molecule has 0 unspecified atom stereocenters. The summed E-state index contributed by atoms with van der Waals surface area (Å²) >= 11 is 0. The number of rotatable bonds is 4. The summed E-state index contributed by atoms with van der Waals surface area (Å²) in [4.78, 5) is 0. The Morgan fingerprint density at radius 2 is 2.10 bits per heavy atom. The highest BCUT2D eigenvalue weighted by molar-refractivity contribution is 4.96. The molecule has 1 fully saturated rings. The lowest BCUT2D eigenvalue weighted by molar-refractivity contribution is 0.164. The fraction of sp³-hybridized carbons (Fsp3) is 0.889. The molecule has 1 nitrogen and oxygen atoms in total. The molecule has 0 amide bonds. The molecule has 1 aliphatic rings. The van der Waals surface area contributed by atoms with Gasteiger partial charge in [-0.3, -0.25) is 0 Å². The molecule has 0 aliphatic heterocycles. The number of hydrogen-bond donors (Lipinski definition) is 0. The van der Waals surface area contributed by atoms with Gasteiger partial charge in [-0.2, -0.15) is 0 Å². The normalized spacial score (nSPS) is 18.9. The Balaban J connectivity index is 2.19. The van der Waals surface area contributed by atoms with Crippen LogP contribution >= 0.6 is 0 Å². The SMILES string of the molecule is CO[C](CC(C)C)C1CC1. The van der Waals surface area contributed by atoms with Crippen molar-refractivity contribution in [2.75, 3.05) is 7.11 Å². The smallest absolute Gasteiger partial charge is 0.1000 e. The molecule has 0 heterocycles. The molecule has 10 heavy (non-hydrogen) atoms. The van der Waals surface area contributed by atoms with Gasteiger partial charge in [0.15, 0.2) is 0 Å². The van der Waals surface area contributed by atoms with Crippen LogP contribution in [-0.2, 0) is 4.74 Å². The number of hydrogen-bond acceptors (Lipinski definition) is 1. The highest BCUT2D eigenvalue weighted by atomic mass is 16.5. The van der Waals surface area contributed by atoms with Crippen LogP contribution in [0.3, 0.4) is 0 Å². The molecule has 0 atom stereocenters. The fourth-order valence-electron chi connectivity index (χ4n) is 1.22. The standard InChI is InChI=1S/C9H17O/c1-7(2)6-9(10-3)8-4-5-8/h7-8H,4-6H2,1-3H3. The van der Waals surface area contributed by atoms with Crippen molar-refractivity contribution in [1.29, 1.82) is 0 Å². The van der Waals surface area contributed by atoms with E-state index in [1.165, 1.54) is 18.9 Å². The van der Waals surface area contributed by atoms with Crippen molar-refractivity contribution in [2.45, 2.75) is 33.1 Å². The summed E-state index contributed by atoms with van der Waals surface area (Å²) in [7, 11) is 1.80. The van der Waals surface area contributed by atoms with E-state index in [1.54, 1.807) is 7.11 Å². The Labute approximate surface area is 63.8 Å². The minimum Gasteiger partial charge on any atom is -0.375 e. The molecule has 0 bridgehead atoms. The van der Waals surface area contributed by atoms with Crippen molar-refractivity contribution >= 4 is 0 Å². The van der Waals surface area contributed by atoms with Crippen molar-refractivity contribution in [1.82, 2.24) is 0 Å². The summed E-state index contributed by atoms with van der Waals surface area (Å²) in [6.07, 6.45) is 5.20. The maximum absolute atomic E-state index is 5.30. The number of ether oxygens (including phenoxy) is 1. The zero-order valence-electron chi connectivity index (χ0n) is 7.18. The lowest BCUT2D eigenvalue weighted by Gasteiger charge is -2.14. The summed E-state index contributed by atoms with van der Waals surface area (Å²) in [6.45, 7) is 4.47. The van der Waals surface area contributed by atoms with E-state index in [0.29, 0.717) is 0 Å². The molecule has 59 valence electrons. The van der Waals surface area contributed by atoms with E-state index >= 15 is 0 Å². The molecular formula is C9H17O. The fourth-order valence-corrected chi connectivity index (χ4v) is 1.22. The molecule has 0 aromatic rings. The maximum Gasteiger partial charge on any atom is 0.1000 e. The van der Waals surface area contributed by atoms with Crippen LogP contribution in [0.25, 0.3) is 0 Å². The third-order valence-electron chi connectivity index (χ3n) is 1.90. The van der Waals surface area contributed by atoms with Gasteiger partial charge in [0.25, 0.3) is 0 Å². The summed E-state index contributed by atoms with van der Waals surface area (Å²) in [5, 5.41) is 0. The lowest BCUT2D eigenvalue weighted by Crippen LogP contribution is -2.06. The lowest BCUT2D eigenvalue weighted by atomic mass is 10.0. The topological polar surface area (TPSA) is 9.23 Å². The average molecular weight is 141 g/mol. The van der Waals surface area contributed by atoms with Crippen molar-refractivity contribution in [3.63, 3.8) is 0 Å². The van der Waals surface area contributed by atoms with E-state index in [4.69, 9.17) is 4.74 Å². The van der Waals surface area contributed by atoms with Crippen LogP contribution in [0.1, 0.15) is 33.1 Å². The van der Waals surface area contributed by atoms with Gasteiger partial charge in [-0.05, 0) is 31.1 Å². The first-order valence-electron chi connectivity index (χ1n) is 4.13. The van der Waals surface area contributed by atoms with Crippen molar-refractivity contribution in [3.05, 3.63) is 6.10 Å². The van der Waals surface area contributed by atoms with E-state index in [0.717, 1.165) is 18.3 Å². The van der Waals surface area contributed by atoms with E-state index in [-0.39, 0.29) is 0 Å². The Hall–Kier alpha value is -0.0400. The van der Waals surface area contributed by atoms with Crippen LogP contribution in [-0.4, -0.2) is 7.11 Å². The van der Waals surface area contributed by atoms with Crippen LogP contribution < -0.4 is 0 Å². The molecule has 0 N–H and O–H groups in total. The summed E-state index contributed by atoms with van der Waals surface area (Å²) in [5.41, 5.74) is 0. The first kappa shape index (κ1) is 8.06. The molecular weight excluding hydrogens is 124 g/mol. The molecule has 1 radical (unpaired) electrons. The van der Waals surface area contributed by atoms with E-state index < -0.39 is 0 Å². The van der Waals surface area contributed by atoms with Crippen LogP contribution in [0.15, 0.2) is 0 Å². The number of methoxy groups -OCH3 is 1. The Bertz CT molecular complexity index is 94.9. The Kier molecular flexibility index (Phi) is 2.72. The first-order chi connectivity index (χ1) is 4.74. The van der Waals surface area contributed by atoms with Gasteiger partial charge in [0.1, 0.15) is 0 Å². The van der Waals surface area contributed by atoms with Crippen LogP contribution in [0.4, 0.5) is 0 Å². The summed E-state index contributed by atoms with van der Waals surface area (Å²) in [5.74, 6) is 1.56. The van der Waals surface area contributed by atoms with Gasteiger partial charge >= 0.3 is 0 Å². The molecule has 0 saturated heterocycles. The first-order valence-corrected chi connectivity index (χ1v) is 4.13. The van der Waals surface area contributed by atoms with Gasteiger partial charge in [0.05, 0.1) is 6.10 Å². The molecule has 1 aliphatic carbocycles. The highest BCUT2D eigenvalue weighted by Gasteiger charge is 2.32. The monoisotopic (exact) mass is 141 g/mol. The van der Waals surface area contributed by atoms with Crippen LogP contribution in [0.2, 0.25) is 0 Å². The zero-order valence-corrected chi connectivity index (χ0v) is 7.18. The molecule has 0 spiro atoms. The van der Waals surface area contributed by atoms with Gasteiger partial charge in [-0.15, -0.1) is 0 Å². The minimum absolute atomic E-state index is 0.746. The summed E-state index contributed by atoms with van der Waals surface area (Å²) < 4.78 is 5.30. The van der Waals surface area contributed by atoms with Gasteiger partial charge in [0.2, 0.25) is 0 Å². The van der Waals surface area contributed by atoms with Crippen molar-refractivity contribution < 1.29 is 4.74 Å². The zero-order chi connectivity index (χ0) is 7.56. The summed E-state index contributed by atoms with van der Waals surface area (Å²) in [6, 6.07) is 0. The predicted octanol–water partition coefficient (Wildman–Crippen LogP) is 2.62. The molecule has 0 aromatic heterocycles. The largest absolute Gasteiger partial charge is 0.375 e. The van der Waals surface area contributed by atoms with E-state index in [9.17, 15) is 0 Å². The van der Waals surface area contributed by atoms with Gasteiger partial charge in [0, 0.05) is 7.11 Å². The Morgan fingerprint density at radius 3 is 2.40 bits per heavy atom. The van der Waals surface area contributed by atoms with Gasteiger partial charge in [-0.25, -0.2) is 0 Å². The van der Waals surface area contributed by atoms with E-state index in [2.05, 4.69) is 13.8 Å². The second kappa shape index (κ2) is 3.38. The molecule has 1 saturated carbocycles. The second-order valence-corrected chi connectivity index (χ2v) is 3.54. The maximum atomic E-state index is 5.30. The van der Waals surface area contributed by atoms with Crippen molar-refractivity contribution in [2.24, 2.45) is 11.8 Å². The third-order valence-corrected chi connectivity index (χ3v) is 1.90. The highest BCUT2D eigenvalue weighted by Crippen LogP contribution is 2.41. The minimum atomic E-state index is 0.746. The second-order valence-electron chi connectivity index (χ2n) is 3.54. The molecule has 0 aromatic carbocycles. The van der Waals surface area contributed by atoms with Crippen molar-refractivity contribution in [3.8, 4) is 0 Å². The Morgan fingerprint density at radius 1 is 1.50 bits per heavy atom. The van der Waals surface area contributed by atoms with Crippen LogP contribution in [0, 0.1) is 17.9 Å². The molecule has 1 heteroatoms. The quantitative estimate of drug-likeness (QED) is 0.584. The van der Waals surface area contributed by atoms with E-state index in [1.807, 2.05) is 0 Å². The predicted molar refractivity (Wildman–Crippen MR) is 42.4 cm³/mol. The average Bonchev–Trinajstić information content (AvgIpc) is 2.63.